The number of piperidine rings is 1. The number of fused-ring (bicyclic) bond motifs is 1. The number of carbonyl (C=O) groups is 2. The van der Waals surface area contributed by atoms with Crippen LogP contribution in [0.1, 0.15) is 65.7 Å². The number of nitrogens with zero attached hydrogens (tertiary/aromatic N) is 1. The molecule has 6 nitrogen and oxygen atoms in total. The van der Waals surface area contributed by atoms with E-state index < -0.39 is 0 Å². The zero-order chi connectivity index (χ0) is 24.0. The SMILES string of the molecule is COc1ccccc1C(=O)N1CCC2(CCCCCCOc3ccc(Cl)cc3C(=O)NC2)CC1. The van der Waals surface area contributed by atoms with Gasteiger partial charge in [0.2, 0.25) is 0 Å². The van der Waals surface area contributed by atoms with E-state index in [1.807, 2.05) is 29.2 Å². The molecule has 0 radical (unpaired) electrons. The van der Waals surface area contributed by atoms with Gasteiger partial charge < -0.3 is 19.7 Å². The molecular weight excluding hydrogens is 452 g/mol. The lowest BCUT2D eigenvalue weighted by Gasteiger charge is -2.42. The molecule has 182 valence electrons. The van der Waals surface area contributed by atoms with Crippen molar-refractivity contribution in [2.75, 3.05) is 33.4 Å². The van der Waals surface area contributed by atoms with Crippen molar-refractivity contribution in [2.45, 2.75) is 44.9 Å². The second-order valence-corrected chi connectivity index (χ2v) is 9.76. The van der Waals surface area contributed by atoms with Gasteiger partial charge >= 0.3 is 0 Å². The number of likely N-dealkylation sites (tertiary alicyclic amines) is 1. The molecule has 1 fully saturated rings. The monoisotopic (exact) mass is 484 g/mol. The number of halogens is 1. The van der Waals surface area contributed by atoms with Crippen LogP contribution in [0.5, 0.6) is 11.5 Å². The Hall–Kier alpha value is -2.73. The fraction of sp³-hybridized carbons (Fsp3) is 0.481. The summed E-state index contributed by atoms with van der Waals surface area (Å²) >= 11 is 6.17. The smallest absolute Gasteiger partial charge is 0.257 e. The van der Waals surface area contributed by atoms with Crippen molar-refractivity contribution in [3.8, 4) is 11.5 Å². The van der Waals surface area contributed by atoms with Crippen LogP contribution in [0.3, 0.4) is 0 Å². The number of ether oxygens (including phenoxy) is 2. The van der Waals surface area contributed by atoms with E-state index in [0.29, 0.717) is 53.9 Å². The number of hydrogen-bond acceptors (Lipinski definition) is 4. The van der Waals surface area contributed by atoms with Gasteiger partial charge in [0.05, 0.1) is 24.8 Å². The van der Waals surface area contributed by atoms with Gasteiger partial charge in [-0.2, -0.15) is 0 Å². The predicted octanol–water partition coefficient (Wildman–Crippen LogP) is 5.34. The van der Waals surface area contributed by atoms with E-state index in [-0.39, 0.29) is 17.2 Å². The molecule has 34 heavy (non-hydrogen) atoms. The van der Waals surface area contributed by atoms with Gasteiger partial charge in [-0.1, -0.05) is 43.0 Å². The molecule has 2 aromatic rings. The minimum atomic E-state index is -0.163. The summed E-state index contributed by atoms with van der Waals surface area (Å²) in [7, 11) is 1.59. The molecular formula is C27H33ClN2O4. The highest BCUT2D eigenvalue weighted by molar-refractivity contribution is 6.31. The topological polar surface area (TPSA) is 67.9 Å². The van der Waals surface area contributed by atoms with Crippen molar-refractivity contribution < 1.29 is 19.1 Å². The third kappa shape index (κ3) is 5.66. The van der Waals surface area contributed by atoms with Crippen LogP contribution in [-0.4, -0.2) is 50.1 Å². The van der Waals surface area contributed by atoms with Crippen LogP contribution in [-0.2, 0) is 0 Å². The first-order valence-electron chi connectivity index (χ1n) is 12.1. The molecule has 4 rings (SSSR count). The molecule has 0 aromatic heterocycles. The zero-order valence-electron chi connectivity index (χ0n) is 19.8. The molecule has 0 unspecified atom stereocenters. The Morgan fingerprint density at radius 1 is 1.06 bits per heavy atom. The van der Waals surface area contributed by atoms with E-state index in [1.165, 1.54) is 0 Å². The van der Waals surface area contributed by atoms with Gasteiger partial charge in [0.25, 0.3) is 11.8 Å². The Bertz CT molecular complexity index is 1020. The highest BCUT2D eigenvalue weighted by Gasteiger charge is 2.36. The Labute approximate surface area is 206 Å². The highest BCUT2D eigenvalue weighted by atomic mass is 35.5. The molecule has 1 saturated heterocycles. The number of benzene rings is 2. The van der Waals surface area contributed by atoms with E-state index in [9.17, 15) is 9.59 Å². The number of methoxy groups -OCH3 is 1. The molecule has 1 N–H and O–H groups in total. The first-order chi connectivity index (χ1) is 16.5. The maximum Gasteiger partial charge on any atom is 0.257 e. The summed E-state index contributed by atoms with van der Waals surface area (Å²) in [6.45, 7) is 2.50. The number of rotatable bonds is 2. The largest absolute Gasteiger partial charge is 0.496 e. The summed E-state index contributed by atoms with van der Waals surface area (Å²) in [5.74, 6) is 1.01. The summed E-state index contributed by atoms with van der Waals surface area (Å²) in [4.78, 5) is 28.2. The van der Waals surface area contributed by atoms with E-state index in [2.05, 4.69) is 5.32 Å². The maximum atomic E-state index is 13.2. The van der Waals surface area contributed by atoms with Crippen molar-refractivity contribution >= 4 is 23.4 Å². The zero-order valence-corrected chi connectivity index (χ0v) is 20.5. The molecule has 2 amide bonds. The normalized spacial score (nSPS) is 19.0. The third-order valence-electron chi connectivity index (χ3n) is 7.12. The Morgan fingerprint density at radius 3 is 2.62 bits per heavy atom. The van der Waals surface area contributed by atoms with Gasteiger partial charge in [-0.15, -0.1) is 0 Å². The van der Waals surface area contributed by atoms with Crippen molar-refractivity contribution in [3.63, 3.8) is 0 Å². The van der Waals surface area contributed by atoms with E-state index in [1.54, 1.807) is 25.3 Å². The lowest BCUT2D eigenvalue weighted by Crippen LogP contribution is -2.48. The first-order valence-corrected chi connectivity index (χ1v) is 12.5. The summed E-state index contributed by atoms with van der Waals surface area (Å²) in [5.41, 5.74) is 1.05. The standard InChI is InChI=1S/C27H33ClN2O4/c1-33-23-9-5-4-8-21(23)26(32)30-15-13-27(14-16-30)12-6-2-3-7-17-34-24-11-10-20(28)18-22(24)25(31)29-19-27/h4-5,8-11,18H,2-3,6-7,12-17,19H2,1H3,(H,29,31). The Morgan fingerprint density at radius 2 is 1.82 bits per heavy atom. The summed E-state index contributed by atoms with van der Waals surface area (Å²) in [5, 5.41) is 3.67. The first kappa shape index (κ1) is 24.4. The average molecular weight is 485 g/mol. The maximum absolute atomic E-state index is 13.2. The number of carbonyl (C=O) groups excluding carboxylic acids is 2. The summed E-state index contributed by atoms with van der Waals surface area (Å²) in [6.07, 6.45) is 7.04. The second kappa shape index (κ2) is 11.1. The Balaban J connectivity index is 1.47. The lowest BCUT2D eigenvalue weighted by atomic mass is 9.74. The van der Waals surface area contributed by atoms with Gasteiger partial charge in [0, 0.05) is 24.7 Å². The van der Waals surface area contributed by atoms with Crippen molar-refractivity contribution in [2.24, 2.45) is 5.41 Å². The minimum absolute atomic E-state index is 0.00157. The van der Waals surface area contributed by atoms with Gasteiger partial charge in [0.15, 0.2) is 0 Å². The molecule has 0 atom stereocenters. The fourth-order valence-electron chi connectivity index (χ4n) is 5.00. The van der Waals surface area contributed by atoms with Crippen LogP contribution < -0.4 is 14.8 Å². The van der Waals surface area contributed by atoms with Crippen molar-refractivity contribution in [1.29, 1.82) is 0 Å². The fourth-order valence-corrected chi connectivity index (χ4v) is 5.17. The Kier molecular flexibility index (Phi) is 7.99. The van der Waals surface area contributed by atoms with Crippen LogP contribution in [0.4, 0.5) is 0 Å². The van der Waals surface area contributed by atoms with Crippen molar-refractivity contribution in [3.05, 3.63) is 58.6 Å². The number of hydrogen-bond donors (Lipinski definition) is 1. The molecule has 0 bridgehead atoms. The number of para-hydroxylation sites is 1. The summed E-state index contributed by atoms with van der Waals surface area (Å²) < 4.78 is 11.3. The van der Waals surface area contributed by atoms with Crippen LogP contribution in [0, 0.1) is 5.41 Å². The number of nitrogens with one attached hydrogen (secondary N) is 1. The molecule has 0 saturated carbocycles. The van der Waals surface area contributed by atoms with Crippen LogP contribution in [0.15, 0.2) is 42.5 Å². The van der Waals surface area contributed by atoms with E-state index in [0.717, 1.165) is 44.9 Å². The molecule has 2 aromatic carbocycles. The molecule has 2 aliphatic heterocycles. The van der Waals surface area contributed by atoms with E-state index >= 15 is 0 Å². The van der Waals surface area contributed by atoms with Gasteiger partial charge in [-0.25, -0.2) is 0 Å². The second-order valence-electron chi connectivity index (χ2n) is 9.33. The van der Waals surface area contributed by atoms with Gasteiger partial charge in [0.1, 0.15) is 11.5 Å². The molecule has 2 aliphatic rings. The van der Waals surface area contributed by atoms with Gasteiger partial charge in [-0.05, 0) is 61.4 Å². The van der Waals surface area contributed by atoms with Crippen molar-refractivity contribution in [1.82, 2.24) is 10.2 Å². The van der Waals surface area contributed by atoms with Crippen LogP contribution in [0.2, 0.25) is 5.02 Å². The number of amides is 2. The minimum Gasteiger partial charge on any atom is -0.496 e. The van der Waals surface area contributed by atoms with Crippen LogP contribution in [0.25, 0.3) is 0 Å². The predicted molar refractivity (Wildman–Crippen MR) is 133 cm³/mol. The lowest BCUT2D eigenvalue weighted by molar-refractivity contribution is 0.0533. The van der Waals surface area contributed by atoms with Crippen LogP contribution >= 0.6 is 11.6 Å². The summed E-state index contributed by atoms with van der Waals surface area (Å²) in [6, 6.07) is 12.6. The average Bonchev–Trinajstić information content (AvgIpc) is 2.88. The quantitative estimate of drug-likeness (QED) is 0.624. The molecule has 0 aliphatic carbocycles. The van der Waals surface area contributed by atoms with Gasteiger partial charge in [-0.3, -0.25) is 9.59 Å². The molecule has 1 spiro atoms. The molecule has 7 heteroatoms. The third-order valence-corrected chi connectivity index (χ3v) is 7.35. The highest BCUT2D eigenvalue weighted by Crippen LogP contribution is 2.38. The van der Waals surface area contributed by atoms with E-state index in [4.69, 9.17) is 21.1 Å². The molecule has 2 heterocycles.